The minimum absolute atomic E-state index is 0.571. The first kappa shape index (κ1) is 15.6. The molecule has 3 heterocycles. The molecule has 0 atom stereocenters. The molecule has 8 heteroatoms. The summed E-state index contributed by atoms with van der Waals surface area (Å²) in [4.78, 5) is 8.87. The van der Waals surface area contributed by atoms with Crippen LogP contribution in [0.2, 0.25) is 0 Å². The van der Waals surface area contributed by atoms with Gasteiger partial charge in [0.2, 0.25) is 0 Å². The number of hydrogen-bond donors (Lipinski definition) is 2. The van der Waals surface area contributed by atoms with E-state index in [1.165, 1.54) is 0 Å². The molecule has 126 valence electrons. The number of nitrogens with zero attached hydrogens (tertiary/aromatic N) is 4. The average molecular weight is 354 g/mol. The molecular formula is C17H15FN6S. The Morgan fingerprint density at radius 2 is 2.20 bits per heavy atom. The number of hydrogen-bond acceptors (Lipinski definition) is 6. The lowest BCUT2D eigenvalue weighted by Gasteiger charge is -2.15. The summed E-state index contributed by atoms with van der Waals surface area (Å²) in [5.74, 6) is 6.22. The smallest absolute Gasteiger partial charge is 0.180 e. The van der Waals surface area contributed by atoms with Crippen LogP contribution in [0.15, 0.2) is 59.7 Å². The number of hydrazine groups is 1. The molecule has 4 rings (SSSR count). The quantitative estimate of drug-likeness (QED) is 0.324. The molecule has 3 aromatic heterocycles. The van der Waals surface area contributed by atoms with E-state index in [1.807, 2.05) is 28.2 Å². The molecule has 0 aliphatic carbocycles. The van der Waals surface area contributed by atoms with Crippen molar-refractivity contribution in [2.45, 2.75) is 0 Å². The topological polar surface area (TPSA) is 71.5 Å². The van der Waals surface area contributed by atoms with Crippen LogP contribution < -0.4 is 16.2 Å². The molecule has 4 aromatic rings. The highest BCUT2D eigenvalue weighted by atomic mass is 32.1. The number of alkyl halides is 1. The van der Waals surface area contributed by atoms with Crippen LogP contribution in [0.25, 0.3) is 16.9 Å². The highest BCUT2D eigenvalue weighted by Crippen LogP contribution is 2.27. The molecule has 6 nitrogen and oxygen atoms in total. The van der Waals surface area contributed by atoms with Gasteiger partial charge in [0.25, 0.3) is 0 Å². The van der Waals surface area contributed by atoms with Crippen LogP contribution in [0.3, 0.4) is 0 Å². The third-order valence-electron chi connectivity index (χ3n) is 3.81. The van der Waals surface area contributed by atoms with Gasteiger partial charge < -0.3 is 5.32 Å². The van der Waals surface area contributed by atoms with E-state index >= 15 is 0 Å². The number of nitrogens with one attached hydrogen (secondary N) is 1. The van der Waals surface area contributed by atoms with E-state index in [0.717, 1.165) is 22.0 Å². The van der Waals surface area contributed by atoms with Gasteiger partial charge in [-0.25, -0.2) is 20.2 Å². The number of anilines is 3. The van der Waals surface area contributed by atoms with Crippen LogP contribution in [0.1, 0.15) is 0 Å². The Hall–Kier alpha value is -2.97. The van der Waals surface area contributed by atoms with Crippen LogP contribution in [0, 0.1) is 0 Å². The largest absolute Gasteiger partial charge is 0.337 e. The summed E-state index contributed by atoms with van der Waals surface area (Å²) in [6, 6.07) is 9.22. The number of rotatable bonds is 5. The Kier molecular flexibility index (Phi) is 4.04. The lowest BCUT2D eigenvalue weighted by Crippen LogP contribution is -2.29. The number of thiophene rings is 1. The zero-order chi connectivity index (χ0) is 17.2. The molecule has 0 radical (unpaired) electrons. The zero-order valence-electron chi connectivity index (χ0n) is 13.1. The van der Waals surface area contributed by atoms with Gasteiger partial charge in [-0.3, -0.25) is 9.41 Å². The maximum Gasteiger partial charge on any atom is 0.180 e. The fourth-order valence-electron chi connectivity index (χ4n) is 2.60. The van der Waals surface area contributed by atoms with E-state index in [1.54, 1.807) is 35.7 Å². The summed E-state index contributed by atoms with van der Waals surface area (Å²) in [6.07, 6.45) is 5.42. The Morgan fingerprint density at radius 3 is 3.00 bits per heavy atom. The standard InChI is InChI=1S/C17H15FN6S/c18-11-24(19)14-3-1-2-13(8-14)22-16-17-21-9-15(12-4-7-25-10-12)23(17)6-5-20-16/h1-10H,11,19H2,(H,20,22). The number of fused-ring (bicyclic) bond motifs is 1. The molecule has 0 aliphatic heterocycles. The minimum atomic E-state index is -0.762. The molecule has 0 aliphatic rings. The minimum Gasteiger partial charge on any atom is -0.337 e. The summed E-state index contributed by atoms with van der Waals surface area (Å²) in [7, 11) is 0. The molecule has 1 aromatic carbocycles. The summed E-state index contributed by atoms with van der Waals surface area (Å²) in [5, 5.41) is 8.37. The second-order valence-corrected chi connectivity index (χ2v) is 6.17. The van der Waals surface area contributed by atoms with Crippen molar-refractivity contribution in [2.75, 3.05) is 17.1 Å². The van der Waals surface area contributed by atoms with Crippen molar-refractivity contribution in [2.24, 2.45) is 5.84 Å². The molecule has 25 heavy (non-hydrogen) atoms. The third-order valence-corrected chi connectivity index (χ3v) is 4.50. The third kappa shape index (κ3) is 2.92. The Balaban J connectivity index is 1.71. The van der Waals surface area contributed by atoms with Gasteiger partial charge >= 0.3 is 0 Å². The predicted molar refractivity (Wildman–Crippen MR) is 98.7 cm³/mol. The van der Waals surface area contributed by atoms with E-state index in [9.17, 15) is 4.39 Å². The van der Waals surface area contributed by atoms with Crippen molar-refractivity contribution < 1.29 is 4.39 Å². The summed E-state index contributed by atoms with van der Waals surface area (Å²) in [6.45, 7) is -0.762. The molecule has 0 saturated carbocycles. The van der Waals surface area contributed by atoms with E-state index < -0.39 is 6.80 Å². The summed E-state index contributed by atoms with van der Waals surface area (Å²) in [5.41, 5.74) is 4.15. The normalized spacial score (nSPS) is 11.0. The molecule has 0 spiro atoms. The van der Waals surface area contributed by atoms with Gasteiger partial charge in [-0.1, -0.05) is 6.07 Å². The zero-order valence-corrected chi connectivity index (χ0v) is 13.9. The van der Waals surface area contributed by atoms with Crippen molar-refractivity contribution in [1.29, 1.82) is 0 Å². The fourth-order valence-corrected chi connectivity index (χ4v) is 3.25. The first-order chi connectivity index (χ1) is 12.3. The van der Waals surface area contributed by atoms with Gasteiger partial charge in [-0.15, -0.1) is 0 Å². The lowest BCUT2D eigenvalue weighted by molar-refractivity contribution is 0.479. The first-order valence-electron chi connectivity index (χ1n) is 7.56. The van der Waals surface area contributed by atoms with Crippen LogP contribution >= 0.6 is 11.3 Å². The Bertz CT molecular complexity index is 997. The highest BCUT2D eigenvalue weighted by Gasteiger charge is 2.11. The van der Waals surface area contributed by atoms with Gasteiger partial charge in [0, 0.05) is 29.0 Å². The maximum atomic E-state index is 12.7. The predicted octanol–water partition coefficient (Wildman–Crippen LogP) is 3.81. The SMILES string of the molecule is NN(CF)c1cccc(Nc2nccn3c(-c4ccsc4)cnc23)c1. The summed E-state index contributed by atoms with van der Waals surface area (Å²) < 4.78 is 14.7. The number of benzene rings is 1. The van der Waals surface area contributed by atoms with Crippen molar-refractivity contribution in [3.63, 3.8) is 0 Å². The van der Waals surface area contributed by atoms with E-state index in [4.69, 9.17) is 5.84 Å². The monoisotopic (exact) mass is 354 g/mol. The van der Waals surface area contributed by atoms with Gasteiger partial charge in [0.05, 0.1) is 17.6 Å². The van der Waals surface area contributed by atoms with Crippen LogP contribution in [0.4, 0.5) is 21.6 Å². The van der Waals surface area contributed by atoms with E-state index in [2.05, 4.69) is 26.7 Å². The second-order valence-electron chi connectivity index (χ2n) is 5.39. The molecule has 0 saturated heterocycles. The average Bonchev–Trinajstić information content (AvgIpc) is 3.31. The van der Waals surface area contributed by atoms with Crippen LogP contribution in [-0.4, -0.2) is 21.2 Å². The fraction of sp³-hybridized carbons (Fsp3) is 0.0588. The highest BCUT2D eigenvalue weighted by molar-refractivity contribution is 7.08. The molecule has 3 N–H and O–H groups in total. The van der Waals surface area contributed by atoms with Gasteiger partial charge in [-0.2, -0.15) is 11.3 Å². The van der Waals surface area contributed by atoms with Crippen molar-refractivity contribution in [3.8, 4) is 11.3 Å². The van der Waals surface area contributed by atoms with Gasteiger partial charge in [0.15, 0.2) is 18.3 Å². The molecule has 0 bridgehead atoms. The van der Waals surface area contributed by atoms with Gasteiger partial charge in [0.1, 0.15) is 0 Å². The Morgan fingerprint density at radius 1 is 1.28 bits per heavy atom. The van der Waals surface area contributed by atoms with E-state index in [0.29, 0.717) is 17.2 Å². The lowest BCUT2D eigenvalue weighted by atomic mass is 10.2. The summed E-state index contributed by atoms with van der Waals surface area (Å²) >= 11 is 1.64. The number of imidazole rings is 1. The van der Waals surface area contributed by atoms with Crippen molar-refractivity contribution in [3.05, 3.63) is 59.7 Å². The molecule has 0 amide bonds. The Labute approximate surface area is 147 Å². The van der Waals surface area contributed by atoms with Gasteiger partial charge in [-0.05, 0) is 29.6 Å². The molecule has 0 fully saturated rings. The van der Waals surface area contributed by atoms with Crippen LogP contribution in [-0.2, 0) is 0 Å². The van der Waals surface area contributed by atoms with Crippen molar-refractivity contribution in [1.82, 2.24) is 14.4 Å². The molecular weight excluding hydrogens is 339 g/mol. The van der Waals surface area contributed by atoms with E-state index in [-0.39, 0.29) is 0 Å². The number of halogens is 1. The maximum absolute atomic E-state index is 12.7. The second kappa shape index (κ2) is 6.50. The number of nitrogens with two attached hydrogens (primary N) is 1. The van der Waals surface area contributed by atoms with Crippen LogP contribution in [0.5, 0.6) is 0 Å². The molecule has 0 unspecified atom stereocenters. The van der Waals surface area contributed by atoms with Crippen molar-refractivity contribution >= 4 is 34.2 Å². The number of aromatic nitrogens is 3. The first-order valence-corrected chi connectivity index (χ1v) is 8.50.